The Morgan fingerprint density at radius 1 is 0.585 bits per heavy atom. The molecule has 0 aliphatic rings. The van der Waals surface area contributed by atoms with E-state index < -0.39 is 32.5 Å². The highest BCUT2D eigenvalue weighted by Gasteiger charge is 2.25. The molecule has 0 aliphatic carbocycles. The van der Waals surface area contributed by atoms with Gasteiger partial charge in [0, 0.05) is 19.4 Å². The lowest BCUT2D eigenvalue weighted by atomic mass is 10.1. The Morgan fingerprint density at radius 3 is 1.60 bits per heavy atom. The van der Waals surface area contributed by atoms with Gasteiger partial charge in [0.15, 0.2) is 6.10 Å². The minimum Gasteiger partial charge on any atom is -0.462 e. The monoisotopic (exact) mass is 761 g/mol. The Bertz CT molecular complexity index is 1140. The van der Waals surface area contributed by atoms with Gasteiger partial charge in [0.25, 0.3) is 0 Å². The molecule has 0 aromatic carbocycles. The predicted molar refractivity (Wildman–Crippen MR) is 219 cm³/mol. The third-order valence-electron chi connectivity index (χ3n) is 7.77. The molecule has 9 nitrogen and oxygen atoms in total. The van der Waals surface area contributed by atoms with Crippen molar-refractivity contribution in [2.75, 3.05) is 26.4 Å². The average Bonchev–Trinajstić information content (AvgIpc) is 3.14. The van der Waals surface area contributed by atoms with Gasteiger partial charge in [-0.3, -0.25) is 18.6 Å². The smallest absolute Gasteiger partial charge is 0.462 e. The zero-order valence-corrected chi connectivity index (χ0v) is 33.9. The van der Waals surface area contributed by atoms with E-state index in [2.05, 4.69) is 92.8 Å². The van der Waals surface area contributed by atoms with Gasteiger partial charge in [-0.15, -0.1) is 0 Å². The highest BCUT2D eigenvalue weighted by molar-refractivity contribution is 7.47. The standard InChI is InChI=1S/C43H72NO8P/c1-3-5-7-9-11-13-15-17-19-20-22-24-26-28-30-32-34-36-43(46)52-41(40-51-53(47,48)50-38-37-44)39-49-42(45)35-33-31-29-27-25-23-21-18-16-14-12-10-8-6-4-2/h5,7,11-14,17-19,21-22,24,28,30,41H,3-4,6,8-10,15-16,20,23,25-27,29,31-40,44H2,1-2H3,(H,47,48). The number of nitrogens with two attached hydrogens (primary N) is 1. The van der Waals surface area contributed by atoms with Crippen molar-refractivity contribution in [3.8, 4) is 0 Å². The first-order valence-corrected chi connectivity index (χ1v) is 21.6. The summed E-state index contributed by atoms with van der Waals surface area (Å²) in [4.78, 5) is 34.8. The van der Waals surface area contributed by atoms with E-state index >= 15 is 0 Å². The summed E-state index contributed by atoms with van der Waals surface area (Å²) in [7, 11) is -4.40. The summed E-state index contributed by atoms with van der Waals surface area (Å²) < 4.78 is 32.6. The molecular weight excluding hydrogens is 689 g/mol. The van der Waals surface area contributed by atoms with Crippen molar-refractivity contribution >= 4 is 19.8 Å². The molecule has 0 aromatic rings. The van der Waals surface area contributed by atoms with Crippen LogP contribution >= 0.6 is 7.82 Å². The van der Waals surface area contributed by atoms with Crippen LogP contribution in [0.3, 0.4) is 0 Å². The van der Waals surface area contributed by atoms with Gasteiger partial charge in [0.2, 0.25) is 0 Å². The van der Waals surface area contributed by atoms with E-state index in [1.807, 2.05) is 6.08 Å². The first-order valence-electron chi connectivity index (χ1n) is 20.1. The molecule has 3 N–H and O–H groups in total. The molecule has 0 bridgehead atoms. The van der Waals surface area contributed by atoms with E-state index in [4.69, 9.17) is 24.3 Å². The molecule has 10 heteroatoms. The zero-order chi connectivity index (χ0) is 38.9. The molecule has 0 saturated heterocycles. The summed E-state index contributed by atoms with van der Waals surface area (Å²) >= 11 is 0. The molecular formula is C43H72NO8P. The minimum absolute atomic E-state index is 0.0377. The minimum atomic E-state index is -4.40. The molecule has 0 saturated carbocycles. The summed E-state index contributed by atoms with van der Waals surface area (Å²) in [6.07, 6.45) is 47.6. The lowest BCUT2D eigenvalue weighted by molar-refractivity contribution is -0.161. The van der Waals surface area contributed by atoms with E-state index in [-0.39, 0.29) is 32.6 Å². The number of carbonyl (C=O) groups is 2. The number of ether oxygens (including phenoxy) is 2. The van der Waals surface area contributed by atoms with E-state index in [9.17, 15) is 19.0 Å². The number of phosphoric ester groups is 1. The van der Waals surface area contributed by atoms with Gasteiger partial charge in [-0.25, -0.2) is 4.57 Å². The Kier molecular flexibility index (Phi) is 36.8. The van der Waals surface area contributed by atoms with E-state index in [1.165, 1.54) is 25.7 Å². The maximum Gasteiger partial charge on any atom is 0.472 e. The van der Waals surface area contributed by atoms with Crippen LogP contribution in [-0.2, 0) is 32.7 Å². The number of rotatable bonds is 36. The summed E-state index contributed by atoms with van der Waals surface area (Å²) in [6, 6.07) is 0. The fraction of sp³-hybridized carbons (Fsp3) is 0.628. The lowest BCUT2D eigenvalue weighted by Crippen LogP contribution is -2.29. The average molecular weight is 762 g/mol. The lowest BCUT2D eigenvalue weighted by Gasteiger charge is -2.19. The second kappa shape index (κ2) is 38.9. The van der Waals surface area contributed by atoms with Crippen LogP contribution in [0.4, 0.5) is 0 Å². The molecule has 2 unspecified atom stereocenters. The summed E-state index contributed by atoms with van der Waals surface area (Å²) in [5.41, 5.74) is 5.33. The normalized spacial score (nSPS) is 14.3. The second-order valence-corrected chi connectivity index (χ2v) is 14.2. The largest absolute Gasteiger partial charge is 0.472 e. The van der Waals surface area contributed by atoms with Crippen molar-refractivity contribution in [1.29, 1.82) is 0 Å². The second-order valence-electron chi connectivity index (χ2n) is 12.8. The molecule has 0 fully saturated rings. The fourth-order valence-electron chi connectivity index (χ4n) is 4.82. The molecule has 0 radical (unpaired) electrons. The van der Waals surface area contributed by atoms with Crippen molar-refractivity contribution in [2.24, 2.45) is 5.73 Å². The van der Waals surface area contributed by atoms with Gasteiger partial charge in [-0.05, 0) is 83.5 Å². The summed E-state index contributed by atoms with van der Waals surface area (Å²) in [6.45, 7) is 3.48. The third kappa shape index (κ3) is 38.7. The maximum atomic E-state index is 12.5. The van der Waals surface area contributed by atoms with Crippen molar-refractivity contribution in [1.82, 2.24) is 0 Å². The van der Waals surface area contributed by atoms with Crippen LogP contribution in [-0.4, -0.2) is 49.3 Å². The van der Waals surface area contributed by atoms with Crippen LogP contribution in [0.15, 0.2) is 85.1 Å². The number of esters is 2. The molecule has 53 heavy (non-hydrogen) atoms. The van der Waals surface area contributed by atoms with Gasteiger partial charge in [0.05, 0.1) is 13.2 Å². The molecule has 0 aliphatic heterocycles. The van der Waals surface area contributed by atoms with Gasteiger partial charge < -0.3 is 20.1 Å². The van der Waals surface area contributed by atoms with Crippen LogP contribution < -0.4 is 5.73 Å². The van der Waals surface area contributed by atoms with Crippen molar-refractivity contribution in [2.45, 2.75) is 148 Å². The quantitative estimate of drug-likeness (QED) is 0.0277. The van der Waals surface area contributed by atoms with E-state index in [1.54, 1.807) is 0 Å². The first kappa shape index (κ1) is 50.2. The van der Waals surface area contributed by atoms with Crippen LogP contribution in [0.5, 0.6) is 0 Å². The zero-order valence-electron chi connectivity index (χ0n) is 33.0. The molecule has 0 spiro atoms. The van der Waals surface area contributed by atoms with Crippen molar-refractivity contribution in [3.63, 3.8) is 0 Å². The van der Waals surface area contributed by atoms with Crippen LogP contribution in [0.1, 0.15) is 142 Å². The van der Waals surface area contributed by atoms with Crippen LogP contribution in [0.2, 0.25) is 0 Å². The van der Waals surface area contributed by atoms with Crippen LogP contribution in [0.25, 0.3) is 0 Å². The maximum absolute atomic E-state index is 12.5. The van der Waals surface area contributed by atoms with E-state index in [0.717, 1.165) is 70.6 Å². The summed E-state index contributed by atoms with van der Waals surface area (Å²) in [5, 5.41) is 0. The Hall–Kier alpha value is -2.81. The molecule has 2 atom stereocenters. The Balaban J connectivity index is 4.35. The topological polar surface area (TPSA) is 134 Å². The SMILES string of the molecule is CCC=CCC=CCC=CCC=CCC=CCCCC(=O)OC(COC(=O)CCCCCCCC=CCC=CCCCCC)COP(=O)(O)OCCN. The van der Waals surface area contributed by atoms with Gasteiger partial charge in [-0.2, -0.15) is 0 Å². The number of hydrogen-bond acceptors (Lipinski definition) is 8. The molecule has 0 aromatic heterocycles. The molecule has 302 valence electrons. The molecule has 0 heterocycles. The first-order chi connectivity index (χ1) is 25.8. The number of carbonyl (C=O) groups excluding carboxylic acids is 2. The van der Waals surface area contributed by atoms with Gasteiger partial charge in [-0.1, -0.05) is 131 Å². The molecule has 0 amide bonds. The van der Waals surface area contributed by atoms with Crippen molar-refractivity contribution in [3.05, 3.63) is 85.1 Å². The Labute approximate surface area is 322 Å². The highest BCUT2D eigenvalue weighted by atomic mass is 31.2. The predicted octanol–water partition coefficient (Wildman–Crippen LogP) is 11.3. The molecule has 0 rings (SSSR count). The summed E-state index contributed by atoms with van der Waals surface area (Å²) in [5.74, 6) is -0.923. The van der Waals surface area contributed by atoms with Gasteiger partial charge in [0.1, 0.15) is 6.61 Å². The van der Waals surface area contributed by atoms with Crippen LogP contribution in [0, 0.1) is 0 Å². The van der Waals surface area contributed by atoms with Gasteiger partial charge >= 0.3 is 19.8 Å². The Morgan fingerprint density at radius 2 is 1.06 bits per heavy atom. The number of hydrogen-bond donors (Lipinski definition) is 2. The van der Waals surface area contributed by atoms with Crippen molar-refractivity contribution < 1.29 is 37.6 Å². The number of allylic oxidation sites excluding steroid dienone is 14. The third-order valence-corrected chi connectivity index (χ3v) is 8.75. The fourth-order valence-corrected chi connectivity index (χ4v) is 5.58. The number of unbranched alkanes of at least 4 members (excludes halogenated alkanes) is 9. The number of phosphoric acid groups is 1. The van der Waals surface area contributed by atoms with E-state index in [0.29, 0.717) is 19.3 Å². The highest BCUT2D eigenvalue weighted by Crippen LogP contribution is 2.43.